The molecule has 3 rings (SSSR count). The molecule has 0 saturated heterocycles. The van der Waals surface area contributed by atoms with Gasteiger partial charge in [0.15, 0.2) is 0 Å². The number of anilines is 2. The quantitative estimate of drug-likeness (QED) is 0.332. The maximum atomic E-state index is 7.53. The van der Waals surface area contributed by atoms with Crippen LogP contribution in [0, 0.1) is 17.7 Å². The predicted octanol–water partition coefficient (Wildman–Crippen LogP) is 3.84. The average molecular weight is 415 g/mol. The third-order valence-corrected chi connectivity index (χ3v) is 5.27. The highest BCUT2D eigenvalue weighted by atomic mass is 15.1. The summed E-state index contributed by atoms with van der Waals surface area (Å²) in [7, 11) is 4.13. The second-order valence-electron chi connectivity index (χ2n) is 7.96. The molecule has 3 aromatic rings. The van der Waals surface area contributed by atoms with Gasteiger partial charge in [0.1, 0.15) is 11.7 Å². The van der Waals surface area contributed by atoms with E-state index in [1.807, 2.05) is 48.5 Å². The minimum absolute atomic E-state index is 0.0811. The van der Waals surface area contributed by atoms with Gasteiger partial charge in [-0.25, -0.2) is 0 Å². The van der Waals surface area contributed by atoms with Crippen molar-refractivity contribution in [3.8, 4) is 0 Å². The lowest BCUT2D eigenvalue weighted by Crippen LogP contribution is -2.19. The van der Waals surface area contributed by atoms with Crippen molar-refractivity contribution in [2.45, 2.75) is 20.0 Å². The molecule has 0 aliphatic carbocycles. The Morgan fingerprint density at radius 3 is 1.35 bits per heavy atom. The zero-order valence-electron chi connectivity index (χ0n) is 18.3. The number of amidine groups is 2. The van der Waals surface area contributed by atoms with E-state index in [4.69, 9.17) is 22.3 Å². The summed E-state index contributed by atoms with van der Waals surface area (Å²) < 4.78 is 0. The van der Waals surface area contributed by atoms with Crippen LogP contribution in [0.3, 0.4) is 0 Å². The molecule has 0 aliphatic rings. The molecule has 0 spiro atoms. The van der Waals surface area contributed by atoms with Crippen LogP contribution in [0.15, 0.2) is 66.7 Å². The Labute approximate surface area is 184 Å². The normalized spacial score (nSPS) is 10.5. The number of nitrogens with two attached hydrogens (primary N) is 2. The molecule has 160 valence electrons. The molecule has 0 radical (unpaired) electrons. The fourth-order valence-corrected chi connectivity index (χ4v) is 3.65. The summed E-state index contributed by atoms with van der Waals surface area (Å²) in [6, 6.07) is 22.1. The smallest absolute Gasteiger partial charge is 0.122 e. The van der Waals surface area contributed by atoms with E-state index in [0.717, 1.165) is 35.6 Å². The maximum Gasteiger partial charge on any atom is 0.122 e. The Kier molecular flexibility index (Phi) is 6.60. The van der Waals surface area contributed by atoms with E-state index in [-0.39, 0.29) is 11.7 Å². The number of nitrogen functional groups attached to an aromatic ring is 2. The molecule has 6 N–H and O–H groups in total. The first-order valence-electron chi connectivity index (χ1n) is 10.1. The Morgan fingerprint density at radius 1 is 0.677 bits per heavy atom. The van der Waals surface area contributed by atoms with Gasteiger partial charge in [0, 0.05) is 49.7 Å². The van der Waals surface area contributed by atoms with Crippen molar-refractivity contribution in [1.29, 1.82) is 10.8 Å². The van der Waals surface area contributed by atoms with E-state index in [0.29, 0.717) is 0 Å². The topological polar surface area (TPSA) is 106 Å². The highest BCUT2D eigenvalue weighted by Crippen LogP contribution is 2.21. The largest absolute Gasteiger partial charge is 0.384 e. The molecule has 0 bridgehead atoms. The molecule has 0 amide bonds. The van der Waals surface area contributed by atoms with E-state index in [1.165, 1.54) is 16.7 Å². The zero-order chi connectivity index (χ0) is 22.5. The van der Waals surface area contributed by atoms with E-state index in [9.17, 15) is 0 Å². The van der Waals surface area contributed by atoms with E-state index < -0.39 is 0 Å². The van der Waals surface area contributed by atoms with Crippen LogP contribution in [0.5, 0.6) is 0 Å². The van der Waals surface area contributed by atoms with Gasteiger partial charge >= 0.3 is 0 Å². The van der Waals surface area contributed by atoms with Gasteiger partial charge in [0.25, 0.3) is 0 Å². The number of hydrogen-bond acceptors (Lipinski definition) is 4. The van der Waals surface area contributed by atoms with Gasteiger partial charge in [-0.2, -0.15) is 0 Å². The lowest BCUT2D eigenvalue weighted by molar-refractivity contribution is 0.895. The second-order valence-corrected chi connectivity index (χ2v) is 7.96. The summed E-state index contributed by atoms with van der Waals surface area (Å²) in [4.78, 5) is 4.37. The predicted molar refractivity (Wildman–Crippen MR) is 130 cm³/mol. The van der Waals surface area contributed by atoms with Gasteiger partial charge < -0.3 is 21.3 Å². The molecule has 0 saturated carbocycles. The van der Waals surface area contributed by atoms with Gasteiger partial charge in [-0.1, -0.05) is 23.8 Å². The van der Waals surface area contributed by atoms with Gasteiger partial charge in [-0.05, 0) is 66.6 Å². The van der Waals surface area contributed by atoms with Crippen molar-refractivity contribution in [3.05, 3.63) is 94.5 Å². The Morgan fingerprint density at radius 2 is 1.03 bits per heavy atom. The molecule has 0 atom stereocenters. The molecule has 31 heavy (non-hydrogen) atoms. The van der Waals surface area contributed by atoms with Crippen LogP contribution in [-0.4, -0.2) is 25.8 Å². The highest BCUT2D eigenvalue weighted by Gasteiger charge is 2.08. The van der Waals surface area contributed by atoms with Crippen LogP contribution in [0.1, 0.15) is 27.8 Å². The van der Waals surface area contributed by atoms with Gasteiger partial charge in [0.2, 0.25) is 0 Å². The third kappa shape index (κ3) is 5.63. The molecule has 0 unspecified atom stereocenters. The first-order valence-corrected chi connectivity index (χ1v) is 10.1. The van der Waals surface area contributed by atoms with Crippen LogP contribution in [0.2, 0.25) is 0 Å². The number of rotatable bonds is 8. The number of aryl methyl sites for hydroxylation is 1. The number of hydrogen-bond donors (Lipinski definition) is 4. The molecule has 6 nitrogen and oxygen atoms in total. The van der Waals surface area contributed by atoms with Crippen molar-refractivity contribution in [2.75, 3.05) is 23.9 Å². The fourth-order valence-electron chi connectivity index (χ4n) is 3.65. The summed E-state index contributed by atoms with van der Waals surface area (Å²) >= 11 is 0. The molecular formula is C25H30N6. The number of nitrogens with one attached hydrogen (secondary N) is 2. The van der Waals surface area contributed by atoms with E-state index in [1.54, 1.807) is 0 Å². The molecule has 0 aliphatic heterocycles. The average Bonchev–Trinajstić information content (AvgIpc) is 2.73. The van der Waals surface area contributed by atoms with Crippen LogP contribution in [0.25, 0.3) is 0 Å². The van der Waals surface area contributed by atoms with E-state index in [2.05, 4.69) is 49.0 Å². The van der Waals surface area contributed by atoms with Crippen molar-refractivity contribution in [2.24, 2.45) is 11.5 Å². The van der Waals surface area contributed by atoms with Crippen molar-refractivity contribution in [3.63, 3.8) is 0 Å². The third-order valence-electron chi connectivity index (χ3n) is 5.27. The van der Waals surface area contributed by atoms with Gasteiger partial charge in [0.05, 0.1) is 0 Å². The monoisotopic (exact) mass is 414 g/mol. The minimum atomic E-state index is 0.0811. The lowest BCUT2D eigenvalue weighted by atomic mass is 10.0. The number of nitrogens with zero attached hydrogens (tertiary/aromatic N) is 2. The van der Waals surface area contributed by atoms with Gasteiger partial charge in [-0.3, -0.25) is 10.8 Å². The Balaban J connectivity index is 1.71. The molecule has 0 aromatic heterocycles. The fraction of sp³-hybridized carbons (Fsp3) is 0.200. The zero-order valence-corrected chi connectivity index (χ0v) is 18.3. The Hall–Kier alpha value is -3.80. The highest BCUT2D eigenvalue weighted by molar-refractivity contribution is 5.95. The Bertz CT molecular complexity index is 986. The maximum absolute atomic E-state index is 7.53. The summed E-state index contributed by atoms with van der Waals surface area (Å²) in [6.07, 6.45) is 0. The second kappa shape index (κ2) is 9.34. The van der Waals surface area contributed by atoms with Crippen LogP contribution >= 0.6 is 0 Å². The van der Waals surface area contributed by atoms with Crippen molar-refractivity contribution < 1.29 is 0 Å². The van der Waals surface area contributed by atoms with Gasteiger partial charge in [-0.15, -0.1) is 0 Å². The van der Waals surface area contributed by atoms with Crippen LogP contribution < -0.4 is 21.3 Å². The van der Waals surface area contributed by atoms with Crippen LogP contribution in [-0.2, 0) is 13.1 Å². The molecule has 3 aromatic carbocycles. The first-order chi connectivity index (χ1) is 14.7. The summed E-state index contributed by atoms with van der Waals surface area (Å²) in [5.74, 6) is 0.162. The molecule has 6 heteroatoms. The first kappa shape index (κ1) is 21.9. The molecular weight excluding hydrogens is 384 g/mol. The molecule has 0 fully saturated rings. The summed E-state index contributed by atoms with van der Waals surface area (Å²) in [6.45, 7) is 3.69. The minimum Gasteiger partial charge on any atom is -0.384 e. The molecule has 0 heterocycles. The standard InChI is InChI=1S/C25H30N6/c1-17-12-18(15-30(2)22-8-4-20(5-9-22)24(26)27)14-19(13-17)16-31(3)23-10-6-21(7-11-23)25(28)29/h4-14H,15-16H2,1-3H3,(H3,26,27)(H3,28,29). The van der Waals surface area contributed by atoms with Crippen LogP contribution in [0.4, 0.5) is 11.4 Å². The van der Waals surface area contributed by atoms with Crippen molar-refractivity contribution in [1.82, 2.24) is 0 Å². The van der Waals surface area contributed by atoms with E-state index >= 15 is 0 Å². The summed E-state index contributed by atoms with van der Waals surface area (Å²) in [5, 5.41) is 15.1. The lowest BCUT2D eigenvalue weighted by Gasteiger charge is -2.23. The van der Waals surface area contributed by atoms with Crippen molar-refractivity contribution >= 4 is 23.0 Å². The summed E-state index contributed by atoms with van der Waals surface area (Å²) in [5.41, 5.74) is 18.4. The SMILES string of the molecule is Cc1cc(CN(C)c2ccc(C(=N)N)cc2)cc(CN(C)c2ccc(C(=N)N)cc2)c1. The number of benzene rings is 3.